The van der Waals surface area contributed by atoms with Crippen LogP contribution in [0.25, 0.3) is 0 Å². The molecule has 1 aromatic carbocycles. The molecule has 2 aliphatic heterocycles. The van der Waals surface area contributed by atoms with Gasteiger partial charge in [-0.25, -0.2) is 0 Å². The maximum atomic E-state index is 10.9. The average Bonchev–Trinajstić information content (AvgIpc) is 2.81. The van der Waals surface area contributed by atoms with Crippen LogP contribution in [0.1, 0.15) is 36.8 Å². The van der Waals surface area contributed by atoms with Gasteiger partial charge in [0.2, 0.25) is 0 Å². The summed E-state index contributed by atoms with van der Waals surface area (Å²) in [6.45, 7) is 1.92. The van der Waals surface area contributed by atoms with Crippen LogP contribution >= 0.6 is 0 Å². The Morgan fingerprint density at radius 1 is 1.33 bits per heavy atom. The van der Waals surface area contributed by atoms with Crippen molar-refractivity contribution in [2.24, 2.45) is 0 Å². The third-order valence-corrected chi connectivity index (χ3v) is 5.55. The molecule has 114 valence electrons. The summed E-state index contributed by atoms with van der Waals surface area (Å²) in [5, 5.41) is 14.4. The molecule has 1 aliphatic carbocycles. The van der Waals surface area contributed by atoms with Crippen molar-refractivity contribution in [3.05, 3.63) is 23.3 Å². The van der Waals surface area contributed by atoms with Crippen molar-refractivity contribution in [1.82, 2.24) is 5.32 Å². The third kappa shape index (κ3) is 1.75. The molecule has 1 unspecified atom stereocenters. The zero-order chi connectivity index (χ0) is 14.4. The zero-order valence-corrected chi connectivity index (χ0v) is 12.5. The van der Waals surface area contributed by atoms with Gasteiger partial charge in [0.05, 0.1) is 18.6 Å². The fourth-order valence-electron chi connectivity index (χ4n) is 4.56. The van der Waals surface area contributed by atoms with Crippen molar-refractivity contribution in [2.75, 3.05) is 20.2 Å². The standard InChI is InChI=1S/C17H23NO3/c1-20-12-6-5-11-7-9-18-10-8-17-13(19)3-2-4-14(17)21-16(12)15(11)17/h5-6,13-14,18-19H,2-4,7-10H2,1H3/t13?,14-,17+/m0/s1. The molecule has 1 spiro atoms. The fourth-order valence-corrected chi connectivity index (χ4v) is 4.56. The van der Waals surface area contributed by atoms with E-state index in [1.807, 2.05) is 6.07 Å². The topological polar surface area (TPSA) is 50.7 Å². The summed E-state index contributed by atoms with van der Waals surface area (Å²) in [5.74, 6) is 1.70. The van der Waals surface area contributed by atoms with Gasteiger partial charge in [-0.05, 0) is 56.8 Å². The molecule has 4 rings (SSSR count). The Labute approximate surface area is 125 Å². The van der Waals surface area contributed by atoms with Crippen LogP contribution < -0.4 is 14.8 Å². The Balaban J connectivity index is 1.95. The van der Waals surface area contributed by atoms with Crippen molar-refractivity contribution in [3.8, 4) is 11.5 Å². The van der Waals surface area contributed by atoms with Gasteiger partial charge >= 0.3 is 0 Å². The lowest BCUT2D eigenvalue weighted by Gasteiger charge is -2.43. The van der Waals surface area contributed by atoms with Crippen LogP contribution in [0, 0.1) is 0 Å². The smallest absolute Gasteiger partial charge is 0.165 e. The van der Waals surface area contributed by atoms with Crippen LogP contribution in [0.2, 0.25) is 0 Å². The normalized spacial score (nSPS) is 34.2. The van der Waals surface area contributed by atoms with Crippen LogP contribution in [0.4, 0.5) is 0 Å². The first kappa shape index (κ1) is 13.4. The van der Waals surface area contributed by atoms with E-state index in [1.165, 1.54) is 11.1 Å². The summed E-state index contributed by atoms with van der Waals surface area (Å²) in [7, 11) is 1.69. The lowest BCUT2D eigenvalue weighted by Crippen LogP contribution is -2.53. The molecule has 2 heterocycles. The molecule has 2 N–H and O–H groups in total. The molecule has 0 saturated heterocycles. The summed E-state index contributed by atoms with van der Waals surface area (Å²) in [5.41, 5.74) is 2.30. The molecular formula is C17H23NO3. The second-order valence-corrected chi connectivity index (χ2v) is 6.47. The van der Waals surface area contributed by atoms with Crippen molar-refractivity contribution >= 4 is 0 Å². The van der Waals surface area contributed by atoms with E-state index in [2.05, 4.69) is 11.4 Å². The van der Waals surface area contributed by atoms with Crippen LogP contribution in [-0.2, 0) is 11.8 Å². The molecule has 1 aromatic rings. The third-order valence-electron chi connectivity index (χ3n) is 5.55. The number of nitrogens with one attached hydrogen (secondary N) is 1. The molecule has 1 saturated carbocycles. The van der Waals surface area contributed by atoms with E-state index in [-0.39, 0.29) is 17.6 Å². The molecule has 21 heavy (non-hydrogen) atoms. The lowest BCUT2D eigenvalue weighted by molar-refractivity contribution is -0.0215. The maximum Gasteiger partial charge on any atom is 0.165 e. The van der Waals surface area contributed by atoms with E-state index in [4.69, 9.17) is 9.47 Å². The largest absolute Gasteiger partial charge is 0.493 e. The summed E-state index contributed by atoms with van der Waals surface area (Å²) in [6, 6.07) is 4.16. The van der Waals surface area contributed by atoms with Gasteiger partial charge in [0, 0.05) is 5.56 Å². The fraction of sp³-hybridized carbons (Fsp3) is 0.647. The number of ether oxygens (including phenoxy) is 2. The van der Waals surface area contributed by atoms with Gasteiger partial charge in [-0.2, -0.15) is 0 Å². The first-order chi connectivity index (χ1) is 10.3. The molecule has 0 aromatic heterocycles. The first-order valence-corrected chi connectivity index (χ1v) is 8.03. The number of aliphatic hydroxyl groups excluding tert-OH is 1. The highest BCUT2D eigenvalue weighted by Crippen LogP contribution is 2.56. The molecule has 0 bridgehead atoms. The van der Waals surface area contributed by atoms with Crippen LogP contribution in [0.5, 0.6) is 11.5 Å². The Hall–Kier alpha value is -1.26. The molecule has 0 radical (unpaired) electrons. The average molecular weight is 289 g/mol. The van der Waals surface area contributed by atoms with Gasteiger partial charge in [-0.3, -0.25) is 0 Å². The quantitative estimate of drug-likeness (QED) is 0.827. The predicted octanol–water partition coefficient (Wildman–Crippen LogP) is 1.77. The Morgan fingerprint density at radius 2 is 2.24 bits per heavy atom. The number of methoxy groups -OCH3 is 1. The summed E-state index contributed by atoms with van der Waals surface area (Å²) < 4.78 is 11.8. The number of aliphatic hydroxyl groups is 1. The second-order valence-electron chi connectivity index (χ2n) is 6.47. The van der Waals surface area contributed by atoms with Gasteiger partial charge in [-0.1, -0.05) is 6.07 Å². The molecule has 4 nitrogen and oxygen atoms in total. The van der Waals surface area contributed by atoms with Gasteiger partial charge in [0.1, 0.15) is 6.10 Å². The van der Waals surface area contributed by atoms with Crippen molar-refractivity contribution in [3.63, 3.8) is 0 Å². The molecular weight excluding hydrogens is 266 g/mol. The molecule has 1 fully saturated rings. The van der Waals surface area contributed by atoms with Crippen LogP contribution in [0.15, 0.2) is 12.1 Å². The van der Waals surface area contributed by atoms with Crippen molar-refractivity contribution in [1.29, 1.82) is 0 Å². The molecule has 0 amide bonds. The molecule has 3 atom stereocenters. The van der Waals surface area contributed by atoms with E-state index in [1.54, 1.807) is 7.11 Å². The van der Waals surface area contributed by atoms with Gasteiger partial charge < -0.3 is 19.9 Å². The predicted molar refractivity (Wildman–Crippen MR) is 80.1 cm³/mol. The zero-order valence-electron chi connectivity index (χ0n) is 12.5. The van der Waals surface area contributed by atoms with Gasteiger partial charge in [0.15, 0.2) is 11.5 Å². The van der Waals surface area contributed by atoms with Crippen LogP contribution in [0.3, 0.4) is 0 Å². The van der Waals surface area contributed by atoms with Crippen molar-refractivity contribution in [2.45, 2.75) is 49.7 Å². The number of benzene rings is 1. The minimum Gasteiger partial charge on any atom is -0.493 e. The SMILES string of the molecule is COc1ccc2c3c1O[C@H]1CCCC(O)[C@@]31CCNCC2. The van der Waals surface area contributed by atoms with Crippen molar-refractivity contribution < 1.29 is 14.6 Å². The summed E-state index contributed by atoms with van der Waals surface area (Å²) >= 11 is 0. The highest BCUT2D eigenvalue weighted by Gasteiger charge is 2.56. The number of hydrogen-bond donors (Lipinski definition) is 2. The molecule has 4 heteroatoms. The lowest BCUT2D eigenvalue weighted by atomic mass is 9.63. The van der Waals surface area contributed by atoms with E-state index >= 15 is 0 Å². The monoisotopic (exact) mass is 289 g/mol. The van der Waals surface area contributed by atoms with Crippen LogP contribution in [-0.4, -0.2) is 37.5 Å². The number of hydrogen-bond acceptors (Lipinski definition) is 4. The Morgan fingerprint density at radius 3 is 3.10 bits per heavy atom. The van der Waals surface area contributed by atoms with E-state index in [0.29, 0.717) is 0 Å². The highest BCUT2D eigenvalue weighted by atomic mass is 16.5. The second kappa shape index (κ2) is 4.89. The summed E-state index contributed by atoms with van der Waals surface area (Å²) in [4.78, 5) is 0. The summed E-state index contributed by atoms with van der Waals surface area (Å²) in [6.07, 6.45) is 4.62. The van der Waals surface area contributed by atoms with Gasteiger partial charge in [0.25, 0.3) is 0 Å². The van der Waals surface area contributed by atoms with Gasteiger partial charge in [-0.15, -0.1) is 0 Å². The van der Waals surface area contributed by atoms with E-state index in [0.717, 1.165) is 56.7 Å². The highest BCUT2D eigenvalue weighted by molar-refractivity contribution is 5.59. The minimum absolute atomic E-state index is 0.0891. The van der Waals surface area contributed by atoms with E-state index < -0.39 is 0 Å². The maximum absolute atomic E-state index is 10.9. The Bertz CT molecular complexity index is 559. The Kier molecular flexibility index (Phi) is 3.12. The minimum atomic E-state index is -0.316. The first-order valence-electron chi connectivity index (χ1n) is 8.03. The number of rotatable bonds is 1. The molecule has 3 aliphatic rings. The van der Waals surface area contributed by atoms with E-state index in [9.17, 15) is 5.11 Å².